The highest BCUT2D eigenvalue weighted by molar-refractivity contribution is 5.75. The summed E-state index contributed by atoms with van der Waals surface area (Å²) >= 11 is 0. The van der Waals surface area contributed by atoms with Crippen molar-refractivity contribution < 1.29 is 9.53 Å². The quantitative estimate of drug-likeness (QED) is 0.729. The molecular formula is C18H29NO2. The zero-order valence-corrected chi connectivity index (χ0v) is 14.5. The van der Waals surface area contributed by atoms with E-state index in [1.165, 1.54) is 11.1 Å². The fourth-order valence-corrected chi connectivity index (χ4v) is 4.37. The largest absolute Gasteiger partial charge is 0.466 e. The molecule has 2 rings (SSSR count). The van der Waals surface area contributed by atoms with E-state index in [-0.39, 0.29) is 28.9 Å². The lowest BCUT2D eigenvalue weighted by Crippen LogP contribution is -2.48. The van der Waals surface area contributed by atoms with Gasteiger partial charge in [0.25, 0.3) is 0 Å². The van der Waals surface area contributed by atoms with Crippen LogP contribution < -0.4 is 0 Å². The van der Waals surface area contributed by atoms with E-state index in [0.29, 0.717) is 13.0 Å². The highest BCUT2D eigenvalue weighted by Crippen LogP contribution is 2.54. The Morgan fingerprint density at radius 2 is 1.90 bits per heavy atom. The van der Waals surface area contributed by atoms with Crippen molar-refractivity contribution >= 4 is 5.97 Å². The molecule has 2 unspecified atom stereocenters. The molecule has 21 heavy (non-hydrogen) atoms. The average molecular weight is 291 g/mol. The summed E-state index contributed by atoms with van der Waals surface area (Å²) in [4.78, 5) is 14.7. The van der Waals surface area contributed by atoms with Gasteiger partial charge >= 0.3 is 5.97 Å². The van der Waals surface area contributed by atoms with Gasteiger partial charge in [0.15, 0.2) is 0 Å². The van der Waals surface area contributed by atoms with Crippen LogP contribution in [-0.4, -0.2) is 35.6 Å². The Morgan fingerprint density at radius 3 is 2.43 bits per heavy atom. The van der Waals surface area contributed by atoms with Crippen molar-refractivity contribution in [2.75, 3.05) is 13.7 Å². The predicted molar refractivity (Wildman–Crippen MR) is 86.0 cm³/mol. The monoisotopic (exact) mass is 291 g/mol. The first-order valence-corrected chi connectivity index (χ1v) is 7.90. The summed E-state index contributed by atoms with van der Waals surface area (Å²) in [7, 11) is 2.16. The Balaban J connectivity index is 2.51. The highest BCUT2D eigenvalue weighted by Gasteiger charge is 2.54. The molecule has 1 heterocycles. The van der Waals surface area contributed by atoms with Gasteiger partial charge in [0.1, 0.15) is 0 Å². The van der Waals surface area contributed by atoms with Gasteiger partial charge in [-0.3, -0.25) is 9.69 Å². The zero-order valence-electron chi connectivity index (χ0n) is 14.5. The van der Waals surface area contributed by atoms with Crippen molar-refractivity contribution in [3.05, 3.63) is 23.3 Å². The van der Waals surface area contributed by atoms with E-state index in [4.69, 9.17) is 4.74 Å². The Morgan fingerprint density at radius 1 is 1.33 bits per heavy atom. The van der Waals surface area contributed by atoms with E-state index in [0.717, 1.165) is 5.57 Å². The summed E-state index contributed by atoms with van der Waals surface area (Å²) in [6.45, 7) is 17.7. The minimum absolute atomic E-state index is 0.0379. The third-order valence-electron chi connectivity index (χ3n) is 5.69. The Bertz CT molecular complexity index is 513. The number of ether oxygens (including phenoxy) is 1. The van der Waals surface area contributed by atoms with Crippen LogP contribution in [0.4, 0.5) is 0 Å². The van der Waals surface area contributed by atoms with Crippen LogP contribution in [0.2, 0.25) is 0 Å². The van der Waals surface area contributed by atoms with Gasteiger partial charge in [0.05, 0.1) is 12.5 Å². The maximum atomic E-state index is 12.3. The fraction of sp³-hybridized carbons (Fsp3) is 0.722. The van der Waals surface area contributed by atoms with Gasteiger partial charge in [0, 0.05) is 11.1 Å². The molecule has 2 atom stereocenters. The van der Waals surface area contributed by atoms with Gasteiger partial charge in [-0.05, 0) is 70.7 Å². The molecule has 3 nitrogen and oxygen atoms in total. The van der Waals surface area contributed by atoms with Crippen molar-refractivity contribution in [3.63, 3.8) is 0 Å². The first-order chi connectivity index (χ1) is 9.56. The molecule has 0 aromatic rings. The first-order valence-electron chi connectivity index (χ1n) is 7.90. The van der Waals surface area contributed by atoms with E-state index in [2.05, 4.69) is 53.1 Å². The lowest BCUT2D eigenvalue weighted by Gasteiger charge is -2.40. The smallest absolute Gasteiger partial charge is 0.309 e. The zero-order chi connectivity index (χ0) is 16.2. The average Bonchev–Trinajstić information content (AvgIpc) is 2.52. The maximum absolute atomic E-state index is 12.3. The number of carbonyl (C=O) groups excluding carboxylic acids is 1. The van der Waals surface area contributed by atoms with Crippen LogP contribution in [0, 0.1) is 11.8 Å². The SMILES string of the molecule is C=C1CC(C(=O)OCC)C(C)C2=C1C(C)(C)N(C)C2(C)C. The van der Waals surface area contributed by atoms with Crippen molar-refractivity contribution in [1.82, 2.24) is 4.90 Å². The summed E-state index contributed by atoms with van der Waals surface area (Å²) in [6, 6.07) is 0. The van der Waals surface area contributed by atoms with Crippen LogP contribution in [0.5, 0.6) is 0 Å². The molecule has 0 saturated heterocycles. The van der Waals surface area contributed by atoms with E-state index in [1.807, 2.05) is 6.92 Å². The van der Waals surface area contributed by atoms with Gasteiger partial charge in [-0.25, -0.2) is 0 Å². The van der Waals surface area contributed by atoms with Crippen molar-refractivity contribution in [3.8, 4) is 0 Å². The molecular weight excluding hydrogens is 262 g/mol. The van der Waals surface area contributed by atoms with Gasteiger partial charge in [0.2, 0.25) is 0 Å². The molecule has 0 aromatic carbocycles. The molecule has 0 saturated carbocycles. The van der Waals surface area contributed by atoms with Crippen LogP contribution in [0.1, 0.15) is 48.0 Å². The standard InChI is InChI=1S/C18H29NO2/c1-9-21-16(20)13-10-11(2)14-15(12(13)3)18(6,7)19(8)17(14,4)5/h12-13H,2,9-10H2,1,3-8H3. The lowest BCUT2D eigenvalue weighted by molar-refractivity contribution is -0.149. The van der Waals surface area contributed by atoms with Gasteiger partial charge < -0.3 is 4.74 Å². The van der Waals surface area contributed by atoms with Crippen LogP contribution in [-0.2, 0) is 9.53 Å². The predicted octanol–water partition coefficient (Wildman–Crippen LogP) is 3.56. The molecule has 0 amide bonds. The van der Waals surface area contributed by atoms with Crippen LogP contribution in [0.25, 0.3) is 0 Å². The van der Waals surface area contributed by atoms with Crippen LogP contribution in [0.3, 0.4) is 0 Å². The lowest BCUT2D eigenvalue weighted by atomic mass is 9.68. The van der Waals surface area contributed by atoms with Crippen LogP contribution in [0.15, 0.2) is 23.3 Å². The third-order valence-corrected chi connectivity index (χ3v) is 5.69. The summed E-state index contributed by atoms with van der Waals surface area (Å²) in [6.07, 6.45) is 0.714. The second-order valence-electron chi connectivity index (χ2n) is 7.42. The Kier molecular flexibility index (Phi) is 3.86. The Labute approximate surface area is 129 Å². The van der Waals surface area contributed by atoms with Crippen molar-refractivity contribution in [2.45, 2.75) is 59.0 Å². The fourth-order valence-electron chi connectivity index (χ4n) is 4.37. The van der Waals surface area contributed by atoms with Gasteiger partial charge in [-0.2, -0.15) is 0 Å². The first kappa shape index (κ1) is 16.3. The summed E-state index contributed by atoms with van der Waals surface area (Å²) in [5, 5.41) is 0. The molecule has 2 aliphatic rings. The summed E-state index contributed by atoms with van der Waals surface area (Å²) in [5.74, 6) is 0.0161. The van der Waals surface area contributed by atoms with Crippen LogP contribution >= 0.6 is 0 Å². The van der Waals surface area contributed by atoms with E-state index in [9.17, 15) is 4.79 Å². The van der Waals surface area contributed by atoms with Gasteiger partial charge in [-0.15, -0.1) is 0 Å². The number of esters is 1. The minimum atomic E-state index is -0.0993. The van der Waals surface area contributed by atoms with E-state index in [1.54, 1.807) is 0 Å². The number of nitrogens with zero attached hydrogens (tertiary/aromatic N) is 1. The molecule has 0 fully saturated rings. The highest BCUT2D eigenvalue weighted by atomic mass is 16.5. The van der Waals surface area contributed by atoms with Crippen molar-refractivity contribution in [1.29, 1.82) is 0 Å². The molecule has 1 aliphatic heterocycles. The number of hydrogen-bond donors (Lipinski definition) is 0. The normalized spacial score (nSPS) is 31.3. The van der Waals surface area contributed by atoms with Crippen molar-refractivity contribution in [2.24, 2.45) is 11.8 Å². The summed E-state index contributed by atoms with van der Waals surface area (Å²) < 4.78 is 5.28. The maximum Gasteiger partial charge on any atom is 0.309 e. The van der Waals surface area contributed by atoms with E-state index >= 15 is 0 Å². The Hall–Kier alpha value is -1.09. The number of likely N-dealkylation sites (N-methyl/N-ethyl adjacent to an activating group) is 1. The molecule has 0 aromatic heterocycles. The summed E-state index contributed by atoms with van der Waals surface area (Å²) in [5.41, 5.74) is 3.71. The molecule has 0 bridgehead atoms. The van der Waals surface area contributed by atoms with E-state index < -0.39 is 0 Å². The topological polar surface area (TPSA) is 29.5 Å². The van der Waals surface area contributed by atoms with Gasteiger partial charge in [-0.1, -0.05) is 13.5 Å². The molecule has 0 spiro atoms. The molecule has 1 aliphatic carbocycles. The minimum Gasteiger partial charge on any atom is -0.466 e. The third kappa shape index (κ3) is 2.17. The number of carbonyl (C=O) groups is 1. The number of rotatable bonds is 2. The molecule has 118 valence electrons. The molecule has 0 radical (unpaired) electrons. The molecule has 3 heteroatoms. The second kappa shape index (κ2) is 4.98. The molecule has 0 N–H and O–H groups in total. The second-order valence-corrected chi connectivity index (χ2v) is 7.42. The number of hydrogen-bond acceptors (Lipinski definition) is 3.